The third kappa shape index (κ3) is 5.48. The van der Waals surface area contributed by atoms with E-state index in [1.807, 2.05) is 26.0 Å². The minimum absolute atomic E-state index is 0.330. The van der Waals surface area contributed by atoms with E-state index in [0.717, 1.165) is 48.8 Å². The number of nitrogens with one attached hydrogen (secondary N) is 2. The van der Waals surface area contributed by atoms with E-state index in [-0.39, 0.29) is 5.69 Å². The molecule has 0 aliphatic rings. The number of H-pyrrole nitrogens is 1. The lowest BCUT2D eigenvalue weighted by atomic mass is 10.3. The molecule has 0 aliphatic carbocycles. The van der Waals surface area contributed by atoms with Crippen LogP contribution in [0.15, 0.2) is 26.4 Å². The number of hydrazone groups is 1. The standard InChI is InChI=1S/C18H27N5O2/c1-5-9-23(10-6-2)16-12-15(20-18(24)21-16)7-8-19-22-17-11-13(3)14(4)25-17/h8,11-12,22H,5-7,9-10H2,1-4H3,(H,20,21,24)/b19-8+. The molecule has 0 aliphatic heterocycles. The summed E-state index contributed by atoms with van der Waals surface area (Å²) in [5.74, 6) is 2.20. The van der Waals surface area contributed by atoms with E-state index in [1.165, 1.54) is 0 Å². The van der Waals surface area contributed by atoms with Gasteiger partial charge >= 0.3 is 5.69 Å². The normalized spacial score (nSPS) is 11.2. The molecule has 0 radical (unpaired) electrons. The van der Waals surface area contributed by atoms with Gasteiger partial charge in [0.15, 0.2) is 0 Å². The van der Waals surface area contributed by atoms with Gasteiger partial charge in [0.25, 0.3) is 0 Å². The molecular weight excluding hydrogens is 318 g/mol. The summed E-state index contributed by atoms with van der Waals surface area (Å²) in [7, 11) is 0. The summed E-state index contributed by atoms with van der Waals surface area (Å²) in [6.45, 7) is 9.90. The molecule has 2 heterocycles. The molecule has 0 spiro atoms. The lowest BCUT2D eigenvalue weighted by Crippen LogP contribution is -2.29. The molecule has 25 heavy (non-hydrogen) atoms. The first-order valence-corrected chi connectivity index (χ1v) is 8.73. The molecule has 0 saturated carbocycles. The van der Waals surface area contributed by atoms with Crippen LogP contribution in [0, 0.1) is 13.8 Å². The Labute approximate surface area is 148 Å². The number of aryl methyl sites for hydroxylation is 2. The van der Waals surface area contributed by atoms with E-state index in [1.54, 1.807) is 6.21 Å². The maximum Gasteiger partial charge on any atom is 0.347 e. The number of hydrogen-bond acceptors (Lipinski definition) is 6. The summed E-state index contributed by atoms with van der Waals surface area (Å²) in [4.78, 5) is 20.9. The highest BCUT2D eigenvalue weighted by Crippen LogP contribution is 2.17. The number of hydrogen-bond donors (Lipinski definition) is 2. The van der Waals surface area contributed by atoms with Crippen LogP contribution in [-0.2, 0) is 6.42 Å². The highest BCUT2D eigenvalue weighted by Gasteiger charge is 2.08. The highest BCUT2D eigenvalue weighted by molar-refractivity contribution is 5.62. The zero-order chi connectivity index (χ0) is 18.2. The first-order valence-electron chi connectivity index (χ1n) is 8.73. The van der Waals surface area contributed by atoms with Crippen LogP contribution in [0.2, 0.25) is 0 Å². The number of aromatic nitrogens is 2. The zero-order valence-corrected chi connectivity index (χ0v) is 15.4. The summed E-state index contributed by atoms with van der Waals surface area (Å²) in [5, 5.41) is 4.14. The van der Waals surface area contributed by atoms with Crippen molar-refractivity contribution < 1.29 is 4.42 Å². The molecule has 0 aromatic carbocycles. The second-order valence-electron chi connectivity index (χ2n) is 6.03. The van der Waals surface area contributed by atoms with E-state index in [9.17, 15) is 4.79 Å². The average Bonchev–Trinajstić information content (AvgIpc) is 2.89. The number of rotatable bonds is 9. The Kier molecular flexibility index (Phi) is 6.80. The molecule has 0 unspecified atom stereocenters. The van der Waals surface area contributed by atoms with Gasteiger partial charge in [0.05, 0.1) is 0 Å². The Hall–Kier alpha value is -2.57. The maximum atomic E-state index is 11.9. The van der Waals surface area contributed by atoms with Crippen LogP contribution in [0.25, 0.3) is 0 Å². The maximum absolute atomic E-state index is 11.9. The van der Waals surface area contributed by atoms with Crippen LogP contribution in [0.1, 0.15) is 43.7 Å². The molecule has 2 aromatic rings. The van der Waals surface area contributed by atoms with Gasteiger partial charge in [-0.25, -0.2) is 10.2 Å². The first kappa shape index (κ1) is 18.8. The van der Waals surface area contributed by atoms with Crippen molar-refractivity contribution in [1.29, 1.82) is 0 Å². The van der Waals surface area contributed by atoms with Crippen molar-refractivity contribution in [2.24, 2.45) is 5.10 Å². The topological polar surface area (TPSA) is 86.5 Å². The predicted octanol–water partition coefficient (Wildman–Crippen LogP) is 3.25. The Bertz CT molecular complexity index is 738. The van der Waals surface area contributed by atoms with Crippen molar-refractivity contribution in [3.05, 3.63) is 39.6 Å². The largest absolute Gasteiger partial charge is 0.444 e. The Morgan fingerprint density at radius 3 is 2.60 bits per heavy atom. The minimum atomic E-state index is -0.330. The van der Waals surface area contributed by atoms with Gasteiger partial charge in [0.2, 0.25) is 5.88 Å². The molecule has 136 valence electrons. The zero-order valence-electron chi connectivity index (χ0n) is 15.4. The van der Waals surface area contributed by atoms with Crippen LogP contribution in [0.3, 0.4) is 0 Å². The third-order valence-corrected chi connectivity index (χ3v) is 3.84. The highest BCUT2D eigenvalue weighted by atomic mass is 16.4. The van der Waals surface area contributed by atoms with Crippen LogP contribution >= 0.6 is 0 Å². The molecule has 0 bridgehead atoms. The van der Waals surface area contributed by atoms with Crippen molar-refractivity contribution in [1.82, 2.24) is 9.97 Å². The van der Waals surface area contributed by atoms with Gasteiger partial charge in [-0.3, -0.25) is 0 Å². The second-order valence-corrected chi connectivity index (χ2v) is 6.03. The lowest BCUT2D eigenvalue weighted by Gasteiger charge is -2.22. The van der Waals surface area contributed by atoms with Crippen molar-refractivity contribution in [3.8, 4) is 0 Å². The molecule has 0 amide bonds. The lowest BCUT2D eigenvalue weighted by molar-refractivity contribution is 0.545. The van der Waals surface area contributed by atoms with Crippen LogP contribution in [0.5, 0.6) is 0 Å². The van der Waals surface area contributed by atoms with Crippen LogP contribution < -0.4 is 16.0 Å². The number of aromatic amines is 1. The molecule has 2 aromatic heterocycles. The van der Waals surface area contributed by atoms with Crippen LogP contribution in [0.4, 0.5) is 11.7 Å². The van der Waals surface area contributed by atoms with Gasteiger partial charge in [-0.05, 0) is 32.3 Å². The van der Waals surface area contributed by atoms with E-state index >= 15 is 0 Å². The summed E-state index contributed by atoms with van der Waals surface area (Å²) in [6, 6.07) is 3.81. The van der Waals surface area contributed by atoms with Crippen molar-refractivity contribution in [3.63, 3.8) is 0 Å². The number of nitrogens with zero attached hydrogens (tertiary/aromatic N) is 3. The molecule has 0 atom stereocenters. The van der Waals surface area contributed by atoms with Gasteiger partial charge < -0.3 is 14.3 Å². The Morgan fingerprint density at radius 1 is 1.28 bits per heavy atom. The van der Waals surface area contributed by atoms with E-state index in [2.05, 4.69) is 39.2 Å². The fraction of sp³-hybridized carbons (Fsp3) is 0.500. The van der Waals surface area contributed by atoms with Gasteiger partial charge in [0, 0.05) is 43.6 Å². The monoisotopic (exact) mass is 345 g/mol. The fourth-order valence-electron chi connectivity index (χ4n) is 2.53. The summed E-state index contributed by atoms with van der Waals surface area (Å²) >= 11 is 0. The molecule has 0 fully saturated rings. The SMILES string of the molecule is CCCN(CCC)c1cc(C/C=N/Nc2cc(C)c(C)o2)[nH]c(=O)n1. The Morgan fingerprint density at radius 2 is 2.00 bits per heavy atom. The molecule has 7 nitrogen and oxygen atoms in total. The molecule has 2 rings (SSSR count). The smallest absolute Gasteiger partial charge is 0.347 e. The summed E-state index contributed by atoms with van der Waals surface area (Å²) < 4.78 is 5.49. The van der Waals surface area contributed by atoms with E-state index in [0.29, 0.717) is 12.3 Å². The average molecular weight is 345 g/mol. The number of furan rings is 1. The molecule has 2 N–H and O–H groups in total. The molecular formula is C18H27N5O2. The quantitative estimate of drug-likeness (QED) is 0.538. The molecule has 0 saturated heterocycles. The van der Waals surface area contributed by atoms with Gasteiger partial charge in [-0.15, -0.1) is 0 Å². The summed E-state index contributed by atoms with van der Waals surface area (Å²) in [6.07, 6.45) is 4.23. The van der Waals surface area contributed by atoms with E-state index < -0.39 is 0 Å². The fourth-order valence-corrected chi connectivity index (χ4v) is 2.53. The minimum Gasteiger partial charge on any atom is -0.444 e. The second kappa shape index (κ2) is 9.05. The molecule has 7 heteroatoms. The van der Waals surface area contributed by atoms with Crippen LogP contribution in [-0.4, -0.2) is 29.3 Å². The van der Waals surface area contributed by atoms with Gasteiger partial charge in [-0.1, -0.05) is 13.8 Å². The number of anilines is 2. The van der Waals surface area contributed by atoms with Gasteiger partial charge in [-0.2, -0.15) is 10.1 Å². The Balaban J connectivity index is 2.03. The van der Waals surface area contributed by atoms with E-state index in [4.69, 9.17) is 4.42 Å². The summed E-state index contributed by atoms with van der Waals surface area (Å²) in [5.41, 5.74) is 4.38. The first-order chi connectivity index (χ1) is 12.0. The third-order valence-electron chi connectivity index (χ3n) is 3.84. The van der Waals surface area contributed by atoms with Crippen molar-refractivity contribution >= 4 is 17.9 Å². The van der Waals surface area contributed by atoms with Crippen molar-refractivity contribution in [2.45, 2.75) is 47.0 Å². The van der Waals surface area contributed by atoms with Crippen molar-refractivity contribution in [2.75, 3.05) is 23.4 Å². The van der Waals surface area contributed by atoms with Gasteiger partial charge in [0.1, 0.15) is 11.6 Å². The predicted molar refractivity (Wildman–Crippen MR) is 102 cm³/mol.